The van der Waals surface area contributed by atoms with Crippen molar-refractivity contribution in [3.8, 4) is 0 Å². The van der Waals surface area contributed by atoms with Crippen LogP contribution in [-0.4, -0.2) is 73.1 Å². The van der Waals surface area contributed by atoms with E-state index in [4.69, 9.17) is 4.74 Å². The maximum atomic E-state index is 13.0. The molecule has 2 heterocycles. The number of morpholine rings is 1. The van der Waals surface area contributed by atoms with Crippen LogP contribution in [0.25, 0.3) is 0 Å². The smallest absolute Gasteiger partial charge is 0.377 e. The van der Waals surface area contributed by atoms with Crippen molar-refractivity contribution in [2.24, 2.45) is 5.92 Å². The third-order valence-electron chi connectivity index (χ3n) is 6.41. The number of carbonyl (C=O) groups excluding carboxylic acids is 2. The summed E-state index contributed by atoms with van der Waals surface area (Å²) in [6.45, 7) is 6.95. The summed E-state index contributed by atoms with van der Waals surface area (Å²) in [7, 11) is 0. The van der Waals surface area contributed by atoms with Crippen LogP contribution in [0.4, 0.5) is 26.3 Å². The SMILES string of the molecule is CC1(C)COCCN1C(=O)CN1CCC(CNC(=O)c2cc(C(F)(F)F)cc(C(F)(F)F)c2)CC1. The quantitative estimate of drug-likeness (QED) is 0.614. The maximum Gasteiger partial charge on any atom is 0.416 e. The lowest BCUT2D eigenvalue weighted by Gasteiger charge is -2.43. The van der Waals surface area contributed by atoms with Gasteiger partial charge in [-0.3, -0.25) is 14.5 Å². The molecule has 6 nitrogen and oxygen atoms in total. The number of carbonyl (C=O) groups is 2. The van der Waals surface area contributed by atoms with E-state index in [1.54, 1.807) is 0 Å². The van der Waals surface area contributed by atoms with E-state index in [1.165, 1.54) is 0 Å². The van der Waals surface area contributed by atoms with Crippen LogP contribution in [-0.2, 0) is 21.9 Å². The fraction of sp³-hybridized carbons (Fsp3) is 0.652. The Labute approximate surface area is 199 Å². The first kappa shape index (κ1) is 27.3. The molecular formula is C23H29F6N3O3. The minimum atomic E-state index is -5.02. The molecule has 0 aromatic heterocycles. The molecule has 0 unspecified atom stereocenters. The average Bonchev–Trinajstić information content (AvgIpc) is 2.76. The number of amides is 2. The normalized spacial score (nSPS) is 20.1. The number of piperidine rings is 1. The van der Waals surface area contributed by atoms with Crippen molar-refractivity contribution in [2.45, 2.75) is 44.6 Å². The van der Waals surface area contributed by atoms with Crippen molar-refractivity contribution in [1.29, 1.82) is 0 Å². The second kappa shape index (κ2) is 10.3. The van der Waals surface area contributed by atoms with Gasteiger partial charge in [-0.25, -0.2) is 0 Å². The van der Waals surface area contributed by atoms with Crippen LogP contribution < -0.4 is 5.32 Å². The molecule has 0 radical (unpaired) electrons. The predicted molar refractivity (Wildman–Crippen MR) is 115 cm³/mol. The molecule has 196 valence electrons. The average molecular weight is 509 g/mol. The molecule has 1 N–H and O–H groups in total. The van der Waals surface area contributed by atoms with Crippen molar-refractivity contribution in [2.75, 3.05) is 45.9 Å². The van der Waals surface area contributed by atoms with Crippen LogP contribution in [0.1, 0.15) is 48.2 Å². The monoisotopic (exact) mass is 509 g/mol. The highest BCUT2D eigenvalue weighted by molar-refractivity contribution is 5.94. The number of nitrogens with zero attached hydrogens (tertiary/aromatic N) is 2. The Kier molecular flexibility index (Phi) is 8.05. The van der Waals surface area contributed by atoms with Gasteiger partial charge in [0, 0.05) is 18.7 Å². The van der Waals surface area contributed by atoms with Gasteiger partial charge in [0.25, 0.3) is 5.91 Å². The largest absolute Gasteiger partial charge is 0.416 e. The number of nitrogens with one attached hydrogen (secondary N) is 1. The first-order valence-corrected chi connectivity index (χ1v) is 11.3. The number of alkyl halides is 6. The van der Waals surface area contributed by atoms with Crippen LogP contribution in [0.2, 0.25) is 0 Å². The molecule has 2 aliphatic heterocycles. The van der Waals surface area contributed by atoms with E-state index in [2.05, 4.69) is 5.32 Å². The summed E-state index contributed by atoms with van der Waals surface area (Å²) in [5.41, 5.74) is -4.13. The minimum Gasteiger partial charge on any atom is -0.377 e. The summed E-state index contributed by atoms with van der Waals surface area (Å²) in [4.78, 5) is 28.9. The van der Waals surface area contributed by atoms with Gasteiger partial charge in [-0.2, -0.15) is 26.3 Å². The molecule has 1 aromatic carbocycles. The van der Waals surface area contributed by atoms with Crippen molar-refractivity contribution in [1.82, 2.24) is 15.1 Å². The van der Waals surface area contributed by atoms with Gasteiger partial charge < -0.3 is 15.0 Å². The van der Waals surface area contributed by atoms with Crippen LogP contribution in [0.3, 0.4) is 0 Å². The van der Waals surface area contributed by atoms with Gasteiger partial charge in [0.05, 0.1) is 36.4 Å². The Hall–Kier alpha value is -2.34. The summed E-state index contributed by atoms with van der Waals surface area (Å²) in [5, 5.41) is 2.46. The molecule has 3 rings (SSSR count). The molecule has 0 aliphatic carbocycles. The molecule has 0 bridgehead atoms. The fourth-order valence-electron chi connectivity index (χ4n) is 4.37. The molecular weight excluding hydrogens is 480 g/mol. The molecule has 1 aromatic rings. The second-order valence-corrected chi connectivity index (χ2v) is 9.63. The number of hydrogen-bond acceptors (Lipinski definition) is 4. The Morgan fingerprint density at radius 3 is 2.09 bits per heavy atom. The van der Waals surface area contributed by atoms with Crippen molar-refractivity contribution < 1.29 is 40.7 Å². The van der Waals surface area contributed by atoms with Gasteiger partial charge >= 0.3 is 12.4 Å². The molecule has 2 saturated heterocycles. The van der Waals surface area contributed by atoms with E-state index in [9.17, 15) is 35.9 Å². The molecule has 0 saturated carbocycles. The fourth-order valence-corrected chi connectivity index (χ4v) is 4.37. The topological polar surface area (TPSA) is 61.9 Å². The summed E-state index contributed by atoms with van der Waals surface area (Å²) in [5.74, 6) is -0.984. The Morgan fingerprint density at radius 1 is 1.00 bits per heavy atom. The molecule has 2 aliphatic rings. The molecule has 0 spiro atoms. The second-order valence-electron chi connectivity index (χ2n) is 9.63. The van der Waals surface area contributed by atoms with E-state index in [0.29, 0.717) is 57.8 Å². The lowest BCUT2D eigenvalue weighted by Crippen LogP contribution is -2.58. The number of halogens is 6. The van der Waals surface area contributed by atoms with Gasteiger partial charge in [0.2, 0.25) is 5.91 Å². The zero-order chi connectivity index (χ0) is 26.0. The standard InChI is InChI=1S/C23H29F6N3O3/c1-21(2)14-35-8-7-32(21)19(33)13-31-5-3-15(4-6-31)12-30-20(34)16-9-17(22(24,25)26)11-18(10-16)23(27,28)29/h9-11,15H,3-8,12-14H2,1-2H3,(H,30,34). The van der Waals surface area contributed by atoms with Gasteiger partial charge in [0.15, 0.2) is 0 Å². The highest BCUT2D eigenvalue weighted by Crippen LogP contribution is 2.36. The Morgan fingerprint density at radius 2 is 1.57 bits per heavy atom. The number of benzene rings is 1. The van der Waals surface area contributed by atoms with Crippen LogP contribution >= 0.6 is 0 Å². The van der Waals surface area contributed by atoms with Gasteiger partial charge in [-0.15, -0.1) is 0 Å². The lowest BCUT2D eigenvalue weighted by molar-refractivity contribution is -0.148. The van der Waals surface area contributed by atoms with E-state index in [0.717, 1.165) is 0 Å². The van der Waals surface area contributed by atoms with Crippen LogP contribution in [0, 0.1) is 5.92 Å². The summed E-state index contributed by atoms with van der Waals surface area (Å²) >= 11 is 0. The maximum absolute atomic E-state index is 13.0. The van der Waals surface area contributed by atoms with Gasteiger partial charge in [-0.05, 0) is 63.9 Å². The zero-order valence-electron chi connectivity index (χ0n) is 19.6. The first-order valence-electron chi connectivity index (χ1n) is 11.3. The van der Waals surface area contributed by atoms with Gasteiger partial charge in [0.1, 0.15) is 0 Å². The predicted octanol–water partition coefficient (Wildman–Crippen LogP) is 3.80. The molecule has 2 amide bonds. The molecule has 35 heavy (non-hydrogen) atoms. The highest BCUT2D eigenvalue weighted by atomic mass is 19.4. The number of likely N-dealkylation sites (tertiary alicyclic amines) is 1. The number of ether oxygens (including phenoxy) is 1. The van der Waals surface area contributed by atoms with Crippen LogP contribution in [0.5, 0.6) is 0 Å². The number of hydrogen-bond donors (Lipinski definition) is 1. The molecule has 12 heteroatoms. The summed E-state index contributed by atoms with van der Waals surface area (Å²) in [6.07, 6.45) is -8.76. The van der Waals surface area contributed by atoms with Crippen LogP contribution in [0.15, 0.2) is 18.2 Å². The summed E-state index contributed by atoms with van der Waals surface area (Å²) in [6, 6.07) is 0.837. The number of rotatable bonds is 5. The van der Waals surface area contributed by atoms with E-state index < -0.39 is 35.0 Å². The Bertz CT molecular complexity index is 892. The van der Waals surface area contributed by atoms with E-state index >= 15 is 0 Å². The van der Waals surface area contributed by atoms with E-state index in [-0.39, 0.29) is 36.5 Å². The Balaban J connectivity index is 1.53. The lowest BCUT2D eigenvalue weighted by atomic mass is 9.96. The van der Waals surface area contributed by atoms with Crippen molar-refractivity contribution >= 4 is 11.8 Å². The third-order valence-corrected chi connectivity index (χ3v) is 6.41. The third kappa shape index (κ3) is 7.09. The highest BCUT2D eigenvalue weighted by Gasteiger charge is 2.38. The summed E-state index contributed by atoms with van der Waals surface area (Å²) < 4.78 is 83.6. The first-order chi connectivity index (χ1) is 16.2. The van der Waals surface area contributed by atoms with Crippen molar-refractivity contribution in [3.05, 3.63) is 34.9 Å². The minimum absolute atomic E-state index is 0.00184. The molecule has 0 atom stereocenters. The van der Waals surface area contributed by atoms with Crippen molar-refractivity contribution in [3.63, 3.8) is 0 Å². The molecule has 2 fully saturated rings. The zero-order valence-corrected chi connectivity index (χ0v) is 19.6. The van der Waals surface area contributed by atoms with Gasteiger partial charge in [-0.1, -0.05) is 0 Å². The van der Waals surface area contributed by atoms with E-state index in [1.807, 2.05) is 23.6 Å².